The quantitative estimate of drug-likeness (QED) is 0.549. The van der Waals surface area contributed by atoms with E-state index in [1.165, 1.54) is 24.0 Å². The van der Waals surface area contributed by atoms with Crippen LogP contribution in [0.2, 0.25) is 0 Å². The second-order valence-corrected chi connectivity index (χ2v) is 12.7. The minimum atomic E-state index is -0.900. The minimum Gasteiger partial charge on any atom is -0.471 e. The molecule has 1 N–H and O–H groups in total. The first-order valence-electron chi connectivity index (χ1n) is 14.3. The van der Waals surface area contributed by atoms with Crippen molar-refractivity contribution in [3.63, 3.8) is 0 Å². The van der Waals surface area contributed by atoms with E-state index in [4.69, 9.17) is 14.5 Å². The van der Waals surface area contributed by atoms with Crippen LogP contribution in [0.1, 0.15) is 72.4 Å². The molecular weight excluding hydrogens is 515 g/mol. The summed E-state index contributed by atoms with van der Waals surface area (Å²) in [5, 5.41) is 2.80. The summed E-state index contributed by atoms with van der Waals surface area (Å²) in [7, 11) is 0. The zero-order valence-corrected chi connectivity index (χ0v) is 23.9. The molecule has 2 aliphatic heterocycles. The fourth-order valence-corrected chi connectivity index (χ4v) is 6.02. The molecule has 1 saturated heterocycles. The van der Waals surface area contributed by atoms with E-state index in [9.17, 15) is 18.8 Å². The monoisotopic (exact) mass is 554 g/mol. The van der Waals surface area contributed by atoms with Crippen LogP contribution < -0.4 is 10.1 Å². The Hall–Kier alpha value is -3.30. The number of amides is 2. The number of hydrogen-bond acceptors (Lipinski definition) is 7. The van der Waals surface area contributed by atoms with Crippen molar-refractivity contribution < 1.29 is 28.2 Å². The Bertz CT molecular complexity index is 1310. The summed E-state index contributed by atoms with van der Waals surface area (Å²) in [6.07, 6.45) is 3.95. The fourth-order valence-electron chi connectivity index (χ4n) is 6.02. The molecule has 3 heterocycles. The lowest BCUT2D eigenvalue weighted by Gasteiger charge is -2.35. The highest BCUT2D eigenvalue weighted by Gasteiger charge is 2.49. The van der Waals surface area contributed by atoms with Gasteiger partial charge in [0.05, 0.1) is 23.6 Å². The summed E-state index contributed by atoms with van der Waals surface area (Å²) in [5.74, 6) is -0.652. The number of alkyl carbamates (subject to hydrolysis) is 1. The van der Waals surface area contributed by atoms with Crippen LogP contribution in [0.25, 0.3) is 11.0 Å². The van der Waals surface area contributed by atoms with Crippen LogP contribution in [0.4, 0.5) is 9.18 Å². The maximum absolute atomic E-state index is 14.0. The Labute approximate surface area is 234 Å². The summed E-state index contributed by atoms with van der Waals surface area (Å²) in [6.45, 7) is 9.09. The average Bonchev–Trinajstić information content (AvgIpc) is 3.52. The predicted octanol–water partition coefficient (Wildman–Crippen LogP) is 4.60. The molecule has 1 aliphatic carbocycles. The first-order chi connectivity index (χ1) is 18.9. The van der Waals surface area contributed by atoms with E-state index in [1.807, 2.05) is 27.7 Å². The van der Waals surface area contributed by atoms with Crippen molar-refractivity contribution in [2.45, 2.75) is 97.4 Å². The molecule has 1 aromatic carbocycles. The number of aryl methyl sites for hydroxylation is 1. The largest absolute Gasteiger partial charge is 0.471 e. The van der Waals surface area contributed by atoms with Crippen molar-refractivity contribution in [3.05, 3.63) is 29.7 Å². The third-order valence-electron chi connectivity index (χ3n) is 8.40. The van der Waals surface area contributed by atoms with E-state index in [-0.39, 0.29) is 30.3 Å². The van der Waals surface area contributed by atoms with Crippen molar-refractivity contribution in [3.8, 4) is 5.88 Å². The lowest BCUT2D eigenvalue weighted by molar-refractivity contribution is -0.141. The molecule has 1 aromatic heterocycles. The minimum absolute atomic E-state index is 0.137. The summed E-state index contributed by atoms with van der Waals surface area (Å²) in [4.78, 5) is 50.6. The van der Waals surface area contributed by atoms with Crippen molar-refractivity contribution in [1.29, 1.82) is 0 Å². The van der Waals surface area contributed by atoms with Crippen LogP contribution in [0.3, 0.4) is 0 Å². The van der Waals surface area contributed by atoms with Crippen LogP contribution in [-0.2, 0) is 20.7 Å². The average molecular weight is 555 g/mol. The molecule has 2 aromatic rings. The number of hydrogen-bond donors (Lipinski definition) is 1. The SMILES string of the molecule is CC(=O)[C@@H]1[C@H](C)[C@@H]2CN1C(=O)[C@H](C(C)(C)C)NC(=O)O[C@@H]1C[C@H]1CCCCCc1nc3ccc(F)cc3nc1O2. The summed E-state index contributed by atoms with van der Waals surface area (Å²) in [5.41, 5.74) is 1.03. The Morgan fingerprint density at radius 1 is 1.07 bits per heavy atom. The van der Waals surface area contributed by atoms with E-state index in [2.05, 4.69) is 10.3 Å². The van der Waals surface area contributed by atoms with E-state index >= 15 is 0 Å². The highest BCUT2D eigenvalue weighted by molar-refractivity contribution is 5.92. The number of ether oxygens (including phenoxy) is 2. The highest BCUT2D eigenvalue weighted by Crippen LogP contribution is 2.39. The Morgan fingerprint density at radius 3 is 2.58 bits per heavy atom. The number of carbonyl (C=O) groups is 3. The number of Topliss-reactive ketones (excluding diaryl/α,β-unsaturated/α-hetero) is 1. The van der Waals surface area contributed by atoms with Gasteiger partial charge in [0.2, 0.25) is 11.8 Å². The van der Waals surface area contributed by atoms with Crippen LogP contribution >= 0.6 is 0 Å². The van der Waals surface area contributed by atoms with Gasteiger partial charge in [0, 0.05) is 12.0 Å². The van der Waals surface area contributed by atoms with Gasteiger partial charge in [0.25, 0.3) is 0 Å². The normalized spacial score (nSPS) is 29.8. The number of ketones is 1. The summed E-state index contributed by atoms with van der Waals surface area (Å²) < 4.78 is 26.1. The van der Waals surface area contributed by atoms with Gasteiger partial charge >= 0.3 is 6.09 Å². The van der Waals surface area contributed by atoms with Crippen LogP contribution in [-0.4, -0.2) is 63.5 Å². The number of fused-ring (bicyclic) bond motifs is 5. The number of halogens is 1. The van der Waals surface area contributed by atoms with Crippen molar-refractivity contribution in [2.24, 2.45) is 17.3 Å². The fraction of sp³-hybridized carbons (Fsp3) is 0.633. The molecule has 6 atom stereocenters. The standard InChI is InChI=1S/C30H39FN4O5/c1-16-24-15-35(25(16)17(2)36)28(37)26(30(3,4)5)34-29(38)40-23-13-18(23)9-7-6-8-10-21-27(39-24)33-22-14-19(31)11-12-20(22)32-21/h11-12,14,16,18,23-26H,6-10,13,15H2,1-5H3,(H,34,38)/t16-,18-,23-,24+,25+,26-/m1/s1. The second-order valence-electron chi connectivity index (χ2n) is 12.7. The molecule has 2 fully saturated rings. The zero-order valence-electron chi connectivity index (χ0n) is 23.9. The van der Waals surface area contributed by atoms with E-state index < -0.39 is 35.5 Å². The Morgan fingerprint density at radius 2 is 1.85 bits per heavy atom. The molecule has 0 unspecified atom stereocenters. The number of nitrogens with one attached hydrogen (secondary N) is 1. The molecule has 1 saturated carbocycles. The number of nitrogens with zero attached hydrogens (tertiary/aromatic N) is 3. The van der Waals surface area contributed by atoms with Gasteiger partial charge in [-0.25, -0.2) is 19.2 Å². The summed E-state index contributed by atoms with van der Waals surface area (Å²) >= 11 is 0. The molecule has 9 nitrogen and oxygen atoms in total. The Balaban J connectivity index is 1.51. The van der Waals surface area contributed by atoms with Gasteiger partial charge < -0.3 is 19.7 Å². The van der Waals surface area contributed by atoms with E-state index in [0.29, 0.717) is 34.9 Å². The van der Waals surface area contributed by atoms with Crippen molar-refractivity contribution in [1.82, 2.24) is 20.2 Å². The number of benzene rings is 1. The smallest absolute Gasteiger partial charge is 0.408 e. The molecule has 0 spiro atoms. The third-order valence-corrected chi connectivity index (χ3v) is 8.40. The molecule has 3 aliphatic rings. The maximum atomic E-state index is 14.0. The number of carbonyl (C=O) groups excluding carboxylic acids is 3. The van der Waals surface area contributed by atoms with Crippen LogP contribution in [0.5, 0.6) is 5.88 Å². The molecular formula is C30H39FN4O5. The Kier molecular flexibility index (Phi) is 7.72. The van der Waals surface area contributed by atoms with Crippen LogP contribution in [0.15, 0.2) is 18.2 Å². The molecule has 0 radical (unpaired) electrons. The van der Waals surface area contributed by atoms with Gasteiger partial charge in [0.1, 0.15) is 29.8 Å². The van der Waals surface area contributed by atoms with Crippen LogP contribution in [0, 0.1) is 23.1 Å². The molecule has 40 heavy (non-hydrogen) atoms. The molecule has 2 amide bonds. The first kappa shape index (κ1) is 28.2. The lowest BCUT2D eigenvalue weighted by atomic mass is 9.85. The topological polar surface area (TPSA) is 111 Å². The maximum Gasteiger partial charge on any atom is 0.408 e. The van der Waals surface area contributed by atoms with Gasteiger partial charge in [-0.05, 0) is 56.1 Å². The molecule has 5 rings (SSSR count). The van der Waals surface area contributed by atoms with Gasteiger partial charge in [-0.15, -0.1) is 0 Å². The summed E-state index contributed by atoms with van der Waals surface area (Å²) in [6, 6.07) is 2.67. The van der Waals surface area contributed by atoms with Gasteiger partial charge in [-0.2, -0.15) is 0 Å². The van der Waals surface area contributed by atoms with Gasteiger partial charge in [-0.3, -0.25) is 9.59 Å². The highest BCUT2D eigenvalue weighted by atomic mass is 19.1. The lowest BCUT2D eigenvalue weighted by Crippen LogP contribution is -2.57. The van der Waals surface area contributed by atoms with Gasteiger partial charge in [-0.1, -0.05) is 40.5 Å². The van der Waals surface area contributed by atoms with Crippen molar-refractivity contribution in [2.75, 3.05) is 6.54 Å². The molecule has 2 bridgehead atoms. The molecule has 216 valence electrons. The second kappa shape index (κ2) is 10.9. The third kappa shape index (κ3) is 5.90. The van der Waals surface area contributed by atoms with E-state index in [1.54, 1.807) is 6.07 Å². The van der Waals surface area contributed by atoms with Crippen molar-refractivity contribution >= 4 is 28.8 Å². The zero-order chi connectivity index (χ0) is 28.8. The number of rotatable bonds is 1. The first-order valence-corrected chi connectivity index (χ1v) is 14.3. The van der Waals surface area contributed by atoms with E-state index in [0.717, 1.165) is 32.1 Å². The predicted molar refractivity (Wildman–Crippen MR) is 146 cm³/mol. The van der Waals surface area contributed by atoms with Gasteiger partial charge in [0.15, 0.2) is 5.78 Å². The molecule has 10 heteroatoms. The number of aromatic nitrogens is 2.